The lowest BCUT2D eigenvalue weighted by molar-refractivity contribution is -0.137. The number of carbonyl (C=O) groups excluding carboxylic acids is 1. The van der Waals surface area contributed by atoms with E-state index >= 15 is 0 Å². The van der Waals surface area contributed by atoms with Crippen LogP contribution < -0.4 is 0 Å². The summed E-state index contributed by atoms with van der Waals surface area (Å²) in [4.78, 5) is 19.3. The molecule has 2 aliphatic rings. The molecule has 0 aromatic heterocycles. The van der Waals surface area contributed by atoms with Gasteiger partial charge in [0.15, 0.2) is 0 Å². The highest BCUT2D eigenvalue weighted by atomic mass is 16.5. The van der Waals surface area contributed by atoms with Gasteiger partial charge in [0, 0.05) is 12.2 Å². The molecule has 0 amide bonds. The number of aliphatic carboxylic acids is 1. The lowest BCUT2D eigenvalue weighted by atomic mass is 9.77. The largest absolute Gasteiger partial charge is 0.478 e. The summed E-state index contributed by atoms with van der Waals surface area (Å²) in [7, 11) is 0. The number of hydrogen-bond acceptors (Lipinski definition) is 3. The molecule has 25 heavy (non-hydrogen) atoms. The first-order chi connectivity index (χ1) is 11.9. The fraction of sp³-hybridized carbons (Fsp3) is 0.714. The Morgan fingerprint density at radius 3 is 1.60 bits per heavy atom. The molecule has 2 fully saturated rings. The molecule has 4 atom stereocenters. The Morgan fingerprint density at radius 2 is 1.40 bits per heavy atom. The lowest BCUT2D eigenvalue weighted by Gasteiger charge is -2.29. The average molecular weight is 355 g/mol. The number of ether oxygens (including phenoxy) is 1. The van der Waals surface area contributed by atoms with E-state index in [0.29, 0.717) is 6.61 Å². The minimum Gasteiger partial charge on any atom is -0.478 e. The third kappa shape index (κ3) is 10.1. The Bertz CT molecular complexity index is 373. The summed E-state index contributed by atoms with van der Waals surface area (Å²) in [6.45, 7) is 17.1. The highest BCUT2D eigenvalue weighted by Gasteiger charge is 2.45. The maximum Gasteiger partial charge on any atom is 0.330 e. The molecular weight excluding hydrogens is 316 g/mol. The van der Waals surface area contributed by atoms with Gasteiger partial charge in [-0.05, 0) is 49.9 Å². The van der Waals surface area contributed by atoms with Crippen molar-refractivity contribution >= 4 is 11.9 Å². The summed E-state index contributed by atoms with van der Waals surface area (Å²) in [5.41, 5.74) is 0. The smallest absolute Gasteiger partial charge is 0.330 e. The molecule has 0 radical (unpaired) electrons. The highest BCUT2D eigenvalue weighted by molar-refractivity contribution is 5.81. The molecule has 2 bridgehead atoms. The Hall–Kier alpha value is -1.58. The molecule has 4 heteroatoms. The minimum atomic E-state index is -0.981. The number of rotatable bonds is 5. The van der Waals surface area contributed by atoms with Crippen LogP contribution in [-0.4, -0.2) is 23.7 Å². The van der Waals surface area contributed by atoms with Crippen LogP contribution in [0.2, 0.25) is 0 Å². The van der Waals surface area contributed by atoms with Gasteiger partial charge in [-0.1, -0.05) is 53.7 Å². The normalized spacial score (nSPS) is 25.0. The monoisotopic (exact) mass is 354 g/mol. The van der Waals surface area contributed by atoms with Crippen LogP contribution in [0.5, 0.6) is 0 Å². The van der Waals surface area contributed by atoms with Crippen LogP contribution in [0, 0.1) is 23.7 Å². The lowest BCUT2D eigenvalue weighted by Crippen LogP contribution is -2.20. The molecule has 0 aromatic carbocycles. The van der Waals surface area contributed by atoms with Gasteiger partial charge >= 0.3 is 11.9 Å². The zero-order chi connectivity index (χ0) is 19.8. The molecule has 4 nitrogen and oxygen atoms in total. The maximum atomic E-state index is 10.1. The van der Waals surface area contributed by atoms with Gasteiger partial charge in [-0.3, -0.25) is 0 Å². The van der Waals surface area contributed by atoms with E-state index in [-0.39, 0.29) is 5.97 Å². The average Bonchev–Trinajstić information content (AvgIpc) is 3.25. The van der Waals surface area contributed by atoms with Gasteiger partial charge in [0.2, 0.25) is 0 Å². The van der Waals surface area contributed by atoms with E-state index in [0.717, 1.165) is 35.8 Å². The third-order valence-corrected chi connectivity index (χ3v) is 4.85. The number of carboxylic acid groups (broad SMARTS) is 1. The molecule has 0 heterocycles. The van der Waals surface area contributed by atoms with Crippen LogP contribution >= 0.6 is 0 Å². The van der Waals surface area contributed by atoms with Crippen LogP contribution in [0.3, 0.4) is 0 Å². The Labute approximate surface area is 154 Å². The third-order valence-electron chi connectivity index (χ3n) is 4.85. The summed E-state index contributed by atoms with van der Waals surface area (Å²) in [5.74, 6) is 3.15. The van der Waals surface area contributed by atoms with Crippen molar-refractivity contribution in [1.29, 1.82) is 0 Å². The predicted octanol–water partition coefficient (Wildman–Crippen LogP) is 5.49. The van der Waals surface area contributed by atoms with Crippen LogP contribution in [0.1, 0.15) is 66.7 Å². The Morgan fingerprint density at radius 1 is 1.00 bits per heavy atom. The van der Waals surface area contributed by atoms with Crippen molar-refractivity contribution in [2.45, 2.75) is 66.7 Å². The molecule has 146 valence electrons. The molecule has 0 saturated heterocycles. The molecule has 2 rings (SSSR count). The van der Waals surface area contributed by atoms with Crippen LogP contribution in [-0.2, 0) is 14.3 Å². The highest BCUT2D eigenvalue weighted by Crippen LogP contribution is 2.54. The van der Waals surface area contributed by atoms with Gasteiger partial charge in [-0.15, -0.1) is 0 Å². The summed E-state index contributed by atoms with van der Waals surface area (Å²) < 4.78 is 4.43. The molecule has 0 aromatic rings. The second-order valence-corrected chi connectivity index (χ2v) is 5.98. The molecular formula is C21H38O4. The van der Waals surface area contributed by atoms with Crippen molar-refractivity contribution in [1.82, 2.24) is 0 Å². The maximum absolute atomic E-state index is 10.1. The topological polar surface area (TPSA) is 63.6 Å². The van der Waals surface area contributed by atoms with E-state index in [4.69, 9.17) is 5.11 Å². The van der Waals surface area contributed by atoms with Gasteiger partial charge in [-0.2, -0.15) is 0 Å². The van der Waals surface area contributed by atoms with E-state index in [9.17, 15) is 9.59 Å². The van der Waals surface area contributed by atoms with E-state index in [1.165, 1.54) is 12.8 Å². The standard InChI is InChI=1S/C11H20.C5H8O2.C3H4O2.C2H6/c1-3-10-8-5-6-9(7-8)11(10)4-2;1-3-5(6)7-4-2;1-2-3(4)5;1-2/h8-11H,3-7H2,1-2H3;3H,1,4H2,2H3;2H,1H2,(H,4,5);1-2H3. The molecule has 1 N–H and O–H groups in total. The van der Waals surface area contributed by atoms with Gasteiger partial charge in [-0.25, -0.2) is 9.59 Å². The summed E-state index contributed by atoms with van der Waals surface area (Å²) >= 11 is 0. The number of carbonyl (C=O) groups is 2. The van der Waals surface area contributed by atoms with Crippen molar-refractivity contribution < 1.29 is 19.4 Å². The Balaban J connectivity index is 0. The van der Waals surface area contributed by atoms with Crippen LogP contribution in [0.15, 0.2) is 25.3 Å². The fourth-order valence-electron chi connectivity index (χ4n) is 4.00. The Kier molecular flexibility index (Phi) is 16.3. The van der Waals surface area contributed by atoms with Gasteiger partial charge < -0.3 is 9.84 Å². The molecule has 4 unspecified atom stereocenters. The number of esters is 1. The van der Waals surface area contributed by atoms with Crippen LogP contribution in [0.25, 0.3) is 0 Å². The predicted molar refractivity (Wildman–Crippen MR) is 104 cm³/mol. The van der Waals surface area contributed by atoms with E-state index in [2.05, 4.69) is 31.7 Å². The second-order valence-electron chi connectivity index (χ2n) is 5.98. The van der Waals surface area contributed by atoms with Gasteiger partial charge in [0.1, 0.15) is 0 Å². The first-order valence-corrected chi connectivity index (χ1v) is 9.59. The minimum absolute atomic E-state index is 0.359. The van der Waals surface area contributed by atoms with Crippen LogP contribution in [0.4, 0.5) is 0 Å². The molecule has 0 aliphatic heterocycles. The van der Waals surface area contributed by atoms with Crippen molar-refractivity contribution in [3.8, 4) is 0 Å². The van der Waals surface area contributed by atoms with Gasteiger partial charge in [0.25, 0.3) is 0 Å². The van der Waals surface area contributed by atoms with E-state index in [1.807, 2.05) is 13.8 Å². The molecule has 2 saturated carbocycles. The van der Waals surface area contributed by atoms with Crippen molar-refractivity contribution in [3.63, 3.8) is 0 Å². The van der Waals surface area contributed by atoms with Gasteiger partial charge in [0.05, 0.1) is 6.61 Å². The zero-order valence-corrected chi connectivity index (χ0v) is 16.8. The summed E-state index contributed by atoms with van der Waals surface area (Å²) in [6.07, 6.45) is 9.55. The van der Waals surface area contributed by atoms with E-state index < -0.39 is 5.97 Å². The molecule has 2 aliphatic carbocycles. The van der Waals surface area contributed by atoms with Crippen molar-refractivity contribution in [3.05, 3.63) is 25.3 Å². The zero-order valence-electron chi connectivity index (χ0n) is 16.8. The van der Waals surface area contributed by atoms with E-state index in [1.54, 1.807) is 26.2 Å². The summed E-state index contributed by atoms with van der Waals surface area (Å²) in [6, 6.07) is 0. The summed E-state index contributed by atoms with van der Waals surface area (Å²) in [5, 5.41) is 7.60. The number of hydrogen-bond donors (Lipinski definition) is 1. The van der Waals surface area contributed by atoms with Crippen molar-refractivity contribution in [2.24, 2.45) is 23.7 Å². The fourth-order valence-corrected chi connectivity index (χ4v) is 4.00. The molecule has 0 spiro atoms. The number of carboxylic acids is 1. The SMILES string of the molecule is C=CC(=O)O.C=CC(=O)OCC.CC.CCC1C2CCC(C2)C1CC. The first-order valence-electron chi connectivity index (χ1n) is 9.59. The quantitative estimate of drug-likeness (QED) is 0.524. The number of fused-ring (bicyclic) bond motifs is 2. The van der Waals surface area contributed by atoms with Crippen molar-refractivity contribution in [2.75, 3.05) is 6.61 Å². The first kappa shape index (κ1) is 25.7. The second kappa shape index (κ2) is 15.9.